The molecule has 0 saturated heterocycles. The van der Waals surface area contributed by atoms with Gasteiger partial charge in [0.1, 0.15) is 5.69 Å². The lowest BCUT2D eigenvalue weighted by Gasteiger charge is -2.11. The molecule has 0 aliphatic carbocycles. The van der Waals surface area contributed by atoms with Crippen LogP contribution in [0.5, 0.6) is 0 Å². The number of anilines is 1. The summed E-state index contributed by atoms with van der Waals surface area (Å²) in [5, 5.41) is 10.9. The number of nitrogen functional groups attached to an aromatic ring is 1. The summed E-state index contributed by atoms with van der Waals surface area (Å²) in [6.07, 6.45) is 1.85. The number of hydrogen-bond donors (Lipinski definition) is 3. The van der Waals surface area contributed by atoms with Gasteiger partial charge in [0.25, 0.3) is 5.69 Å². The van der Waals surface area contributed by atoms with Crippen LogP contribution in [0, 0.1) is 17.0 Å². The highest BCUT2D eigenvalue weighted by molar-refractivity contribution is 7.98. The van der Waals surface area contributed by atoms with Gasteiger partial charge in [-0.25, -0.2) is 13.1 Å². The van der Waals surface area contributed by atoms with Gasteiger partial charge in [0.15, 0.2) is 0 Å². The van der Waals surface area contributed by atoms with Gasteiger partial charge in [0.2, 0.25) is 10.0 Å². The van der Waals surface area contributed by atoms with Crippen molar-refractivity contribution in [2.45, 2.75) is 11.8 Å². The van der Waals surface area contributed by atoms with E-state index in [0.29, 0.717) is 11.3 Å². The summed E-state index contributed by atoms with van der Waals surface area (Å²) >= 11 is 1.49. The Hall–Kier alpha value is -1.36. The Kier molecular flexibility index (Phi) is 5.74. The predicted molar refractivity (Wildman–Crippen MR) is 79.2 cm³/mol. The summed E-state index contributed by atoms with van der Waals surface area (Å²) in [4.78, 5) is 10.1. The van der Waals surface area contributed by atoms with Crippen LogP contribution in [-0.2, 0) is 10.0 Å². The number of nitro benzene ring substituents is 1. The quantitative estimate of drug-likeness (QED) is 0.294. The topological polar surface area (TPSA) is 127 Å². The lowest BCUT2D eigenvalue weighted by atomic mass is 10.2. The zero-order valence-electron chi connectivity index (χ0n) is 11.0. The van der Waals surface area contributed by atoms with Gasteiger partial charge in [-0.2, -0.15) is 11.8 Å². The average Bonchev–Trinajstić information content (AvgIpc) is 2.37. The van der Waals surface area contributed by atoms with Crippen molar-refractivity contribution in [3.63, 3.8) is 0 Å². The highest BCUT2D eigenvalue weighted by Crippen LogP contribution is 2.29. The Labute approximate surface area is 121 Å². The molecule has 0 heterocycles. The molecule has 0 aromatic heterocycles. The van der Waals surface area contributed by atoms with Gasteiger partial charge in [-0.15, -0.1) is 0 Å². The highest BCUT2D eigenvalue weighted by atomic mass is 32.2. The summed E-state index contributed by atoms with van der Waals surface area (Å²) in [6, 6.07) is 2.34. The number of aryl methyl sites for hydroxylation is 1. The molecule has 0 spiro atoms. The van der Waals surface area contributed by atoms with Gasteiger partial charge in [-0.3, -0.25) is 16.0 Å². The number of hydrazine groups is 1. The number of nitrogens with two attached hydrogens (primary N) is 1. The first-order valence-corrected chi connectivity index (χ1v) is 8.45. The van der Waals surface area contributed by atoms with Crippen LogP contribution in [0.1, 0.15) is 5.56 Å². The fraction of sp³-hybridized carbons (Fsp3) is 0.400. The predicted octanol–water partition coefficient (Wildman–Crippen LogP) is 0.830. The monoisotopic (exact) mass is 320 g/mol. The van der Waals surface area contributed by atoms with Crippen LogP contribution in [0.2, 0.25) is 0 Å². The van der Waals surface area contributed by atoms with Crippen molar-refractivity contribution in [1.29, 1.82) is 0 Å². The number of hydrogen-bond acceptors (Lipinski definition) is 7. The maximum atomic E-state index is 12.1. The molecule has 0 radical (unpaired) electrons. The molecule has 1 aromatic rings. The van der Waals surface area contributed by atoms with Crippen molar-refractivity contribution in [2.75, 3.05) is 24.0 Å². The first-order valence-electron chi connectivity index (χ1n) is 5.57. The lowest BCUT2D eigenvalue weighted by Crippen LogP contribution is -2.27. The van der Waals surface area contributed by atoms with Gasteiger partial charge in [-0.05, 0) is 24.8 Å². The van der Waals surface area contributed by atoms with Crippen molar-refractivity contribution in [3.05, 3.63) is 27.8 Å². The number of nitro groups is 1. The Morgan fingerprint density at radius 2 is 2.10 bits per heavy atom. The van der Waals surface area contributed by atoms with Crippen LogP contribution in [-0.4, -0.2) is 31.9 Å². The second kappa shape index (κ2) is 6.88. The molecule has 0 fully saturated rings. The van der Waals surface area contributed by atoms with E-state index in [-0.39, 0.29) is 22.8 Å². The molecule has 4 N–H and O–H groups in total. The molecule has 0 saturated carbocycles. The van der Waals surface area contributed by atoms with Gasteiger partial charge < -0.3 is 5.43 Å². The van der Waals surface area contributed by atoms with E-state index in [0.717, 1.165) is 6.07 Å². The molecule has 0 aliphatic rings. The largest absolute Gasteiger partial charge is 0.318 e. The smallest absolute Gasteiger partial charge is 0.295 e. The maximum absolute atomic E-state index is 12.1. The summed E-state index contributed by atoms with van der Waals surface area (Å²) in [7, 11) is -3.78. The second-order valence-corrected chi connectivity index (χ2v) is 6.65. The fourth-order valence-electron chi connectivity index (χ4n) is 1.59. The number of thioether (sulfide) groups is 1. The minimum absolute atomic E-state index is 0.0653. The maximum Gasteiger partial charge on any atom is 0.295 e. The van der Waals surface area contributed by atoms with Crippen LogP contribution in [0.25, 0.3) is 0 Å². The fourth-order valence-corrected chi connectivity index (χ4v) is 3.30. The molecule has 0 aliphatic heterocycles. The van der Waals surface area contributed by atoms with Crippen LogP contribution < -0.4 is 16.0 Å². The number of nitrogens with one attached hydrogen (secondary N) is 2. The Balaban J connectivity index is 3.24. The summed E-state index contributed by atoms with van der Waals surface area (Å²) < 4.78 is 26.6. The van der Waals surface area contributed by atoms with Crippen molar-refractivity contribution >= 4 is 33.2 Å². The molecule has 1 aromatic carbocycles. The first kappa shape index (κ1) is 16.7. The molecule has 0 amide bonds. The van der Waals surface area contributed by atoms with E-state index >= 15 is 0 Å². The highest BCUT2D eigenvalue weighted by Gasteiger charge is 2.23. The van der Waals surface area contributed by atoms with Crippen LogP contribution in [0.3, 0.4) is 0 Å². The standard InChI is InChI=1S/C10H16N4O4S2/c1-7-5-8(13-11)9(14(15)16)6-10(7)20(17,18)12-3-4-19-2/h5-6,12-13H,3-4,11H2,1-2H3. The number of benzene rings is 1. The van der Waals surface area contributed by atoms with Crippen molar-refractivity contribution in [3.8, 4) is 0 Å². The van der Waals surface area contributed by atoms with Crippen LogP contribution >= 0.6 is 11.8 Å². The summed E-state index contributed by atoms with van der Waals surface area (Å²) in [5.41, 5.74) is 2.24. The van der Waals surface area contributed by atoms with E-state index < -0.39 is 14.9 Å². The summed E-state index contributed by atoms with van der Waals surface area (Å²) in [5.74, 6) is 5.81. The minimum atomic E-state index is -3.78. The zero-order valence-corrected chi connectivity index (χ0v) is 12.7. The van der Waals surface area contributed by atoms with Crippen LogP contribution in [0.15, 0.2) is 17.0 Å². The van der Waals surface area contributed by atoms with Crippen molar-refractivity contribution in [1.82, 2.24) is 4.72 Å². The van der Waals surface area contributed by atoms with Crippen LogP contribution in [0.4, 0.5) is 11.4 Å². The van der Waals surface area contributed by atoms with E-state index in [1.807, 2.05) is 6.26 Å². The first-order chi connectivity index (χ1) is 9.33. The Bertz CT molecular complexity index is 604. The molecule has 0 bridgehead atoms. The van der Waals surface area contributed by atoms with Crippen molar-refractivity contribution < 1.29 is 13.3 Å². The molecule has 1 rings (SSSR count). The molecular formula is C10H16N4O4S2. The van der Waals surface area contributed by atoms with E-state index in [1.54, 1.807) is 6.92 Å². The van der Waals surface area contributed by atoms with Crippen molar-refractivity contribution in [2.24, 2.45) is 5.84 Å². The third kappa shape index (κ3) is 3.82. The molecule has 10 heteroatoms. The second-order valence-electron chi connectivity index (χ2n) is 3.93. The van der Waals surface area contributed by atoms with Gasteiger partial charge in [0, 0.05) is 18.4 Å². The van der Waals surface area contributed by atoms with E-state index in [9.17, 15) is 18.5 Å². The third-order valence-corrected chi connectivity index (χ3v) is 4.75. The third-order valence-electron chi connectivity index (χ3n) is 2.53. The molecule has 20 heavy (non-hydrogen) atoms. The summed E-state index contributed by atoms with van der Waals surface area (Å²) in [6.45, 7) is 1.81. The van der Waals surface area contributed by atoms with E-state index in [4.69, 9.17) is 5.84 Å². The van der Waals surface area contributed by atoms with Gasteiger partial charge >= 0.3 is 0 Å². The van der Waals surface area contributed by atoms with E-state index in [2.05, 4.69) is 10.1 Å². The normalized spacial score (nSPS) is 11.3. The molecule has 112 valence electrons. The molecule has 8 nitrogen and oxygen atoms in total. The SMILES string of the molecule is CSCCNS(=O)(=O)c1cc([N+](=O)[O-])c(NN)cc1C. The number of rotatable bonds is 7. The van der Waals surface area contributed by atoms with E-state index in [1.165, 1.54) is 17.8 Å². The number of sulfonamides is 1. The Morgan fingerprint density at radius 3 is 2.60 bits per heavy atom. The lowest BCUT2D eigenvalue weighted by molar-refractivity contribution is -0.384. The molecule has 0 unspecified atom stereocenters. The number of nitrogens with zero attached hydrogens (tertiary/aromatic N) is 1. The molecule has 0 atom stereocenters. The zero-order chi connectivity index (χ0) is 15.3. The molecular weight excluding hydrogens is 304 g/mol. The Morgan fingerprint density at radius 1 is 1.45 bits per heavy atom. The van der Waals surface area contributed by atoms with Gasteiger partial charge in [0.05, 0.1) is 9.82 Å². The average molecular weight is 320 g/mol. The van der Waals surface area contributed by atoms with Gasteiger partial charge in [-0.1, -0.05) is 0 Å². The minimum Gasteiger partial charge on any atom is -0.318 e.